The Bertz CT molecular complexity index is 266. The number of hydrogen-bond acceptors (Lipinski definition) is 3. The Morgan fingerprint density at radius 2 is 2.15 bits per heavy atom. The summed E-state index contributed by atoms with van der Waals surface area (Å²) >= 11 is 1.78. The van der Waals surface area contributed by atoms with Crippen molar-refractivity contribution in [1.29, 1.82) is 0 Å². The molecule has 0 unspecified atom stereocenters. The van der Waals surface area contributed by atoms with Crippen molar-refractivity contribution >= 4 is 16.5 Å². The molecule has 13 heavy (non-hydrogen) atoms. The van der Waals surface area contributed by atoms with Gasteiger partial charge in [0.05, 0.1) is 5.69 Å². The Balaban J connectivity index is 2.57. The van der Waals surface area contributed by atoms with Gasteiger partial charge >= 0.3 is 0 Å². The van der Waals surface area contributed by atoms with E-state index in [2.05, 4.69) is 38.0 Å². The molecule has 0 fully saturated rings. The Morgan fingerprint density at radius 3 is 2.62 bits per heavy atom. The molecule has 0 aliphatic rings. The van der Waals surface area contributed by atoms with Crippen LogP contribution in [0.4, 0.5) is 5.13 Å². The van der Waals surface area contributed by atoms with Crippen LogP contribution in [0.15, 0.2) is 0 Å². The molecule has 0 atom stereocenters. The van der Waals surface area contributed by atoms with Crippen molar-refractivity contribution in [3.8, 4) is 0 Å². The molecule has 0 radical (unpaired) electrons. The maximum absolute atomic E-state index is 4.46. The van der Waals surface area contributed by atoms with Gasteiger partial charge in [0, 0.05) is 11.4 Å². The van der Waals surface area contributed by atoms with Crippen molar-refractivity contribution in [3.63, 3.8) is 0 Å². The summed E-state index contributed by atoms with van der Waals surface area (Å²) in [4.78, 5) is 5.86. The van der Waals surface area contributed by atoms with Crippen LogP contribution in [-0.4, -0.2) is 11.5 Å². The minimum absolute atomic E-state index is 0.675. The van der Waals surface area contributed by atoms with Gasteiger partial charge in [-0.1, -0.05) is 20.8 Å². The Hall–Kier alpha value is -0.570. The average Bonchev–Trinajstić information content (AvgIpc) is 2.43. The van der Waals surface area contributed by atoms with E-state index in [1.165, 1.54) is 10.6 Å². The monoisotopic (exact) mass is 198 g/mol. The molecule has 0 aromatic carbocycles. The lowest BCUT2D eigenvalue weighted by atomic mass is 10.2. The topological polar surface area (TPSA) is 24.9 Å². The van der Waals surface area contributed by atoms with Crippen molar-refractivity contribution < 1.29 is 0 Å². The molecule has 1 aromatic rings. The molecule has 0 amide bonds. The molecule has 74 valence electrons. The average molecular weight is 198 g/mol. The summed E-state index contributed by atoms with van der Waals surface area (Å²) in [5.41, 5.74) is 1.18. The number of anilines is 1. The summed E-state index contributed by atoms with van der Waals surface area (Å²) in [7, 11) is 0. The SMILES string of the molecule is CCc1sc(NCC(C)C)nc1C. The van der Waals surface area contributed by atoms with Gasteiger partial charge in [0.2, 0.25) is 0 Å². The number of nitrogens with zero attached hydrogens (tertiary/aromatic N) is 1. The summed E-state index contributed by atoms with van der Waals surface area (Å²) in [5, 5.41) is 4.42. The van der Waals surface area contributed by atoms with Crippen molar-refractivity contribution in [2.45, 2.75) is 34.1 Å². The molecular weight excluding hydrogens is 180 g/mol. The number of nitrogens with one attached hydrogen (secondary N) is 1. The van der Waals surface area contributed by atoms with Crippen LogP contribution in [0, 0.1) is 12.8 Å². The van der Waals surface area contributed by atoms with Crippen molar-refractivity contribution in [2.75, 3.05) is 11.9 Å². The first-order valence-corrected chi connectivity index (χ1v) is 5.65. The van der Waals surface area contributed by atoms with E-state index in [0.717, 1.165) is 18.1 Å². The van der Waals surface area contributed by atoms with Crippen LogP contribution in [0.5, 0.6) is 0 Å². The largest absolute Gasteiger partial charge is 0.361 e. The molecule has 0 aliphatic carbocycles. The van der Waals surface area contributed by atoms with Crippen LogP contribution < -0.4 is 5.32 Å². The summed E-state index contributed by atoms with van der Waals surface area (Å²) in [6, 6.07) is 0. The van der Waals surface area contributed by atoms with E-state index in [1.54, 1.807) is 11.3 Å². The highest BCUT2D eigenvalue weighted by Gasteiger charge is 2.05. The van der Waals surface area contributed by atoms with Gasteiger partial charge in [-0.3, -0.25) is 0 Å². The molecule has 2 nitrogen and oxygen atoms in total. The van der Waals surface area contributed by atoms with Gasteiger partial charge in [0.15, 0.2) is 5.13 Å². The van der Waals surface area contributed by atoms with Gasteiger partial charge in [-0.25, -0.2) is 4.98 Å². The van der Waals surface area contributed by atoms with Crippen molar-refractivity contribution in [1.82, 2.24) is 4.98 Å². The zero-order valence-corrected chi connectivity index (χ0v) is 9.66. The van der Waals surface area contributed by atoms with Crippen LogP contribution in [0.1, 0.15) is 31.3 Å². The fraction of sp³-hybridized carbons (Fsp3) is 0.700. The molecule has 3 heteroatoms. The Morgan fingerprint density at radius 1 is 1.46 bits per heavy atom. The van der Waals surface area contributed by atoms with Crippen LogP contribution in [0.2, 0.25) is 0 Å². The van der Waals surface area contributed by atoms with Crippen LogP contribution >= 0.6 is 11.3 Å². The number of aromatic nitrogens is 1. The van der Waals surface area contributed by atoms with Gasteiger partial charge < -0.3 is 5.32 Å². The number of hydrogen-bond donors (Lipinski definition) is 1. The summed E-state index contributed by atoms with van der Waals surface area (Å²) in [6.45, 7) is 9.67. The fourth-order valence-corrected chi connectivity index (χ4v) is 2.03. The fourth-order valence-electron chi connectivity index (χ4n) is 1.12. The lowest BCUT2D eigenvalue weighted by Gasteiger charge is -2.04. The van der Waals surface area contributed by atoms with Gasteiger partial charge in [-0.15, -0.1) is 11.3 Å². The van der Waals surface area contributed by atoms with Crippen LogP contribution in [0.25, 0.3) is 0 Å². The molecule has 1 rings (SSSR count). The Kier molecular flexibility index (Phi) is 3.72. The van der Waals surface area contributed by atoms with E-state index < -0.39 is 0 Å². The molecule has 1 N–H and O–H groups in total. The normalized spacial score (nSPS) is 10.8. The number of rotatable bonds is 4. The predicted octanol–water partition coefficient (Wildman–Crippen LogP) is 3.08. The van der Waals surface area contributed by atoms with Crippen molar-refractivity contribution in [3.05, 3.63) is 10.6 Å². The molecule has 0 bridgehead atoms. The smallest absolute Gasteiger partial charge is 0.183 e. The van der Waals surface area contributed by atoms with E-state index in [0.29, 0.717) is 5.92 Å². The zero-order valence-electron chi connectivity index (χ0n) is 8.85. The maximum atomic E-state index is 4.46. The van der Waals surface area contributed by atoms with Gasteiger partial charge in [-0.2, -0.15) is 0 Å². The zero-order chi connectivity index (χ0) is 9.84. The first kappa shape index (κ1) is 10.5. The maximum Gasteiger partial charge on any atom is 0.183 e. The number of aryl methyl sites for hydroxylation is 2. The van der Waals surface area contributed by atoms with E-state index in [-0.39, 0.29) is 0 Å². The summed E-state index contributed by atoms with van der Waals surface area (Å²) < 4.78 is 0. The molecule has 0 spiro atoms. The molecule has 1 aromatic heterocycles. The minimum atomic E-state index is 0.675. The standard InChI is InChI=1S/C10H18N2S/c1-5-9-8(4)12-10(13-9)11-6-7(2)3/h7H,5-6H2,1-4H3,(H,11,12). The molecule has 0 saturated carbocycles. The number of thiazole rings is 1. The third-order valence-corrected chi connectivity index (χ3v) is 3.13. The van der Waals surface area contributed by atoms with Gasteiger partial charge in [0.25, 0.3) is 0 Å². The summed E-state index contributed by atoms with van der Waals surface area (Å²) in [6.07, 6.45) is 1.09. The third kappa shape index (κ3) is 2.99. The quantitative estimate of drug-likeness (QED) is 0.804. The molecule has 1 heterocycles. The van der Waals surface area contributed by atoms with E-state index in [4.69, 9.17) is 0 Å². The molecular formula is C10H18N2S. The highest BCUT2D eigenvalue weighted by molar-refractivity contribution is 7.15. The molecule has 0 aliphatic heterocycles. The first-order valence-electron chi connectivity index (χ1n) is 4.83. The van der Waals surface area contributed by atoms with Crippen LogP contribution in [-0.2, 0) is 6.42 Å². The van der Waals surface area contributed by atoms with Gasteiger partial charge in [-0.05, 0) is 19.3 Å². The third-order valence-electron chi connectivity index (χ3n) is 1.88. The highest BCUT2D eigenvalue weighted by atomic mass is 32.1. The second-order valence-electron chi connectivity index (χ2n) is 3.66. The van der Waals surface area contributed by atoms with E-state index >= 15 is 0 Å². The minimum Gasteiger partial charge on any atom is -0.361 e. The summed E-state index contributed by atoms with van der Waals surface area (Å²) in [5.74, 6) is 0.675. The molecule has 0 saturated heterocycles. The lowest BCUT2D eigenvalue weighted by Crippen LogP contribution is -2.07. The highest BCUT2D eigenvalue weighted by Crippen LogP contribution is 2.22. The Labute approximate surface area is 84.4 Å². The predicted molar refractivity (Wildman–Crippen MR) is 59.6 cm³/mol. The second-order valence-corrected chi connectivity index (χ2v) is 4.74. The van der Waals surface area contributed by atoms with E-state index in [1.807, 2.05) is 0 Å². The first-order chi connectivity index (χ1) is 6.13. The van der Waals surface area contributed by atoms with Crippen molar-refractivity contribution in [2.24, 2.45) is 5.92 Å². The lowest BCUT2D eigenvalue weighted by molar-refractivity contribution is 0.688. The van der Waals surface area contributed by atoms with Crippen LogP contribution in [0.3, 0.4) is 0 Å². The van der Waals surface area contributed by atoms with E-state index in [9.17, 15) is 0 Å². The second kappa shape index (κ2) is 4.61. The van der Waals surface area contributed by atoms with Gasteiger partial charge in [0.1, 0.15) is 0 Å².